The molecule has 0 bridgehead atoms. The van der Waals surface area contributed by atoms with Crippen LogP contribution in [0.25, 0.3) is 5.69 Å². The van der Waals surface area contributed by atoms with Gasteiger partial charge in [-0.05, 0) is 44.0 Å². The summed E-state index contributed by atoms with van der Waals surface area (Å²) in [6.07, 6.45) is 0.784. The van der Waals surface area contributed by atoms with E-state index in [-0.39, 0.29) is 37.1 Å². The molecule has 1 aliphatic heterocycles. The lowest BCUT2D eigenvalue weighted by Crippen LogP contribution is -2.41. The number of amides is 1. The van der Waals surface area contributed by atoms with Crippen LogP contribution in [-0.4, -0.2) is 39.6 Å². The second kappa shape index (κ2) is 9.70. The first-order chi connectivity index (χ1) is 15.8. The van der Waals surface area contributed by atoms with Crippen molar-refractivity contribution < 1.29 is 23.1 Å². The zero-order valence-electron chi connectivity index (χ0n) is 17.9. The molecule has 6 nitrogen and oxygen atoms in total. The fraction of sp³-hybridized carbons (Fsp3) is 0.292. The third-order valence-corrected chi connectivity index (χ3v) is 6.15. The van der Waals surface area contributed by atoms with Crippen LogP contribution in [0.2, 0.25) is 5.15 Å². The number of likely N-dealkylation sites (tertiary alicyclic amines) is 1. The molecule has 9 heteroatoms. The quantitative estimate of drug-likeness (QED) is 0.503. The summed E-state index contributed by atoms with van der Waals surface area (Å²) in [7, 11) is 0. The molecule has 1 saturated heterocycles. The van der Waals surface area contributed by atoms with Gasteiger partial charge < -0.3 is 9.64 Å². The first-order valence-electron chi connectivity index (χ1n) is 10.6. The largest absolute Gasteiger partial charge is 0.460 e. The molecule has 0 saturated carbocycles. The highest BCUT2D eigenvalue weighted by Crippen LogP contribution is 2.26. The molecule has 0 aliphatic carbocycles. The van der Waals surface area contributed by atoms with Crippen molar-refractivity contribution >= 4 is 23.5 Å². The predicted octanol–water partition coefficient (Wildman–Crippen LogP) is 4.71. The van der Waals surface area contributed by atoms with Crippen LogP contribution in [0.3, 0.4) is 0 Å². The second-order valence-electron chi connectivity index (χ2n) is 7.90. The van der Waals surface area contributed by atoms with Crippen molar-refractivity contribution in [2.24, 2.45) is 5.92 Å². The van der Waals surface area contributed by atoms with Gasteiger partial charge in [0.15, 0.2) is 0 Å². The highest BCUT2D eigenvalue weighted by Gasteiger charge is 2.30. The van der Waals surface area contributed by atoms with Gasteiger partial charge in [-0.3, -0.25) is 9.59 Å². The first-order valence-corrected chi connectivity index (χ1v) is 10.9. The van der Waals surface area contributed by atoms with Gasteiger partial charge in [-0.25, -0.2) is 13.5 Å². The number of ether oxygens (including phenoxy) is 1. The number of aryl methyl sites for hydroxylation is 1. The van der Waals surface area contributed by atoms with E-state index < -0.39 is 17.5 Å². The topological polar surface area (TPSA) is 64.4 Å². The van der Waals surface area contributed by atoms with Gasteiger partial charge in [-0.1, -0.05) is 29.8 Å². The fourth-order valence-corrected chi connectivity index (χ4v) is 4.18. The highest BCUT2D eigenvalue weighted by atomic mass is 35.5. The number of rotatable bonds is 5. The molecule has 2 heterocycles. The van der Waals surface area contributed by atoms with Gasteiger partial charge in [0, 0.05) is 24.7 Å². The van der Waals surface area contributed by atoms with Gasteiger partial charge in [0.05, 0.1) is 22.9 Å². The van der Waals surface area contributed by atoms with Gasteiger partial charge in [0.25, 0.3) is 5.91 Å². The first kappa shape index (κ1) is 22.9. The predicted molar refractivity (Wildman–Crippen MR) is 118 cm³/mol. The maximum absolute atomic E-state index is 13.9. The molecule has 3 aromatic rings. The SMILES string of the molecule is Cc1nn(-c2ccccc2)c(Cl)c1COC(=O)C1CCN(C(=O)c2ccc(F)cc2F)CC1. The van der Waals surface area contributed by atoms with Crippen LogP contribution in [0.5, 0.6) is 0 Å². The Morgan fingerprint density at radius 1 is 1.12 bits per heavy atom. The van der Waals surface area contributed by atoms with Crippen molar-refractivity contribution in [3.05, 3.63) is 82.1 Å². The number of nitrogens with zero attached hydrogens (tertiary/aromatic N) is 3. The molecule has 1 aliphatic rings. The Hall–Kier alpha value is -3.26. The Balaban J connectivity index is 1.34. The lowest BCUT2D eigenvalue weighted by molar-refractivity contribution is -0.151. The summed E-state index contributed by atoms with van der Waals surface area (Å²) in [4.78, 5) is 26.6. The number of aromatic nitrogens is 2. The monoisotopic (exact) mass is 473 g/mol. The Morgan fingerprint density at radius 2 is 1.82 bits per heavy atom. The molecule has 4 rings (SSSR count). The van der Waals surface area contributed by atoms with E-state index in [9.17, 15) is 18.4 Å². The van der Waals surface area contributed by atoms with E-state index in [1.807, 2.05) is 30.3 Å². The minimum Gasteiger partial charge on any atom is -0.460 e. The molecule has 0 N–H and O–H groups in total. The lowest BCUT2D eigenvalue weighted by Gasteiger charge is -2.31. The van der Waals surface area contributed by atoms with Gasteiger partial charge >= 0.3 is 5.97 Å². The third-order valence-electron chi connectivity index (χ3n) is 5.76. The summed E-state index contributed by atoms with van der Waals surface area (Å²) >= 11 is 6.48. The van der Waals surface area contributed by atoms with Crippen LogP contribution in [-0.2, 0) is 16.1 Å². The van der Waals surface area contributed by atoms with Crippen molar-refractivity contribution in [3.8, 4) is 5.69 Å². The number of halogens is 3. The summed E-state index contributed by atoms with van der Waals surface area (Å²) in [6, 6.07) is 12.3. The van der Waals surface area contributed by atoms with Crippen molar-refractivity contribution in [3.63, 3.8) is 0 Å². The smallest absolute Gasteiger partial charge is 0.309 e. The van der Waals surface area contributed by atoms with E-state index in [0.29, 0.717) is 35.3 Å². The van der Waals surface area contributed by atoms with E-state index in [0.717, 1.165) is 17.8 Å². The van der Waals surface area contributed by atoms with Crippen molar-refractivity contribution in [1.82, 2.24) is 14.7 Å². The van der Waals surface area contributed by atoms with Gasteiger partial charge in [0.1, 0.15) is 23.4 Å². The number of carbonyl (C=O) groups is 2. The van der Waals surface area contributed by atoms with Crippen LogP contribution in [0.1, 0.15) is 34.5 Å². The average Bonchev–Trinajstić information content (AvgIpc) is 3.11. The van der Waals surface area contributed by atoms with E-state index in [2.05, 4.69) is 5.10 Å². The van der Waals surface area contributed by atoms with Crippen LogP contribution in [0, 0.1) is 24.5 Å². The summed E-state index contributed by atoms with van der Waals surface area (Å²) in [5.41, 5.74) is 1.92. The number of piperidine rings is 1. The summed E-state index contributed by atoms with van der Waals surface area (Å²) in [5.74, 6) is -2.91. The molecule has 1 aromatic heterocycles. The number of carbonyl (C=O) groups excluding carboxylic acids is 2. The molecular weight excluding hydrogens is 452 g/mol. The van der Waals surface area contributed by atoms with Gasteiger partial charge in [-0.15, -0.1) is 0 Å². The second-order valence-corrected chi connectivity index (χ2v) is 8.26. The maximum atomic E-state index is 13.9. The molecule has 1 fully saturated rings. The summed E-state index contributed by atoms with van der Waals surface area (Å²) < 4.78 is 34.1. The zero-order chi connectivity index (χ0) is 23.5. The van der Waals surface area contributed by atoms with Crippen LogP contribution in [0.15, 0.2) is 48.5 Å². The molecule has 0 spiro atoms. The van der Waals surface area contributed by atoms with Crippen molar-refractivity contribution in [1.29, 1.82) is 0 Å². The van der Waals surface area contributed by atoms with Gasteiger partial charge in [-0.2, -0.15) is 5.10 Å². The number of esters is 1. The Bertz CT molecular complexity index is 1180. The Morgan fingerprint density at radius 3 is 2.48 bits per heavy atom. The molecule has 0 unspecified atom stereocenters. The Kier molecular flexibility index (Phi) is 6.74. The zero-order valence-corrected chi connectivity index (χ0v) is 18.7. The van der Waals surface area contributed by atoms with Crippen LogP contribution in [0.4, 0.5) is 8.78 Å². The minimum atomic E-state index is -0.898. The van der Waals surface area contributed by atoms with Crippen molar-refractivity contribution in [2.45, 2.75) is 26.4 Å². The molecule has 33 heavy (non-hydrogen) atoms. The minimum absolute atomic E-state index is 0.00370. The molecule has 1 amide bonds. The molecule has 0 atom stereocenters. The number of hydrogen-bond donors (Lipinski definition) is 0. The number of para-hydroxylation sites is 1. The molecular formula is C24H22ClF2N3O3. The molecule has 2 aromatic carbocycles. The summed E-state index contributed by atoms with van der Waals surface area (Å²) in [6.45, 7) is 2.35. The summed E-state index contributed by atoms with van der Waals surface area (Å²) in [5, 5.41) is 4.82. The number of benzene rings is 2. The van der Waals surface area contributed by atoms with E-state index in [1.165, 1.54) is 4.90 Å². The van der Waals surface area contributed by atoms with E-state index in [4.69, 9.17) is 16.3 Å². The van der Waals surface area contributed by atoms with E-state index in [1.54, 1.807) is 11.6 Å². The molecule has 0 radical (unpaired) electrons. The van der Waals surface area contributed by atoms with Crippen LogP contribution < -0.4 is 0 Å². The van der Waals surface area contributed by atoms with E-state index >= 15 is 0 Å². The molecule has 172 valence electrons. The maximum Gasteiger partial charge on any atom is 0.309 e. The standard InChI is InChI=1S/C24H22ClF2N3O3/c1-15-20(22(25)30(28-15)18-5-3-2-4-6-18)14-33-24(32)16-9-11-29(12-10-16)23(31)19-8-7-17(26)13-21(19)27/h2-8,13,16H,9-12,14H2,1H3. The third kappa shape index (κ3) is 4.90. The van der Waals surface area contributed by atoms with Gasteiger partial charge in [0.2, 0.25) is 0 Å². The average molecular weight is 474 g/mol. The normalized spacial score (nSPS) is 14.4. The highest BCUT2D eigenvalue weighted by molar-refractivity contribution is 6.30. The Labute approximate surface area is 194 Å². The van der Waals surface area contributed by atoms with Crippen molar-refractivity contribution in [2.75, 3.05) is 13.1 Å². The number of hydrogen-bond acceptors (Lipinski definition) is 4. The van der Waals surface area contributed by atoms with Crippen LogP contribution >= 0.6 is 11.6 Å². The fourth-order valence-electron chi connectivity index (χ4n) is 3.85. The lowest BCUT2D eigenvalue weighted by atomic mass is 9.96.